The molecule has 2 aromatic heterocycles. The molecule has 118 valence electrons. The van der Waals surface area contributed by atoms with E-state index < -0.39 is 0 Å². The van der Waals surface area contributed by atoms with Crippen molar-refractivity contribution in [2.75, 3.05) is 4.90 Å². The second-order valence-corrected chi connectivity index (χ2v) is 6.94. The Morgan fingerprint density at radius 3 is 2.91 bits per heavy atom. The lowest BCUT2D eigenvalue weighted by molar-refractivity contribution is 0.599. The highest BCUT2D eigenvalue weighted by atomic mass is 79.9. The number of hydrogen-bond donors (Lipinski definition) is 1. The molecular weight excluding hydrogens is 354 g/mol. The van der Waals surface area contributed by atoms with Crippen molar-refractivity contribution in [3.8, 4) is 0 Å². The molecule has 23 heavy (non-hydrogen) atoms. The molecule has 1 aliphatic carbocycles. The molecule has 0 unspecified atom stereocenters. The largest absolute Gasteiger partial charge is 0.349 e. The molecule has 0 radical (unpaired) electrons. The highest BCUT2D eigenvalue weighted by molar-refractivity contribution is 9.10. The van der Waals surface area contributed by atoms with Crippen LogP contribution in [-0.2, 0) is 6.54 Å². The summed E-state index contributed by atoms with van der Waals surface area (Å²) in [6.07, 6.45) is 8.47. The first-order valence-electron chi connectivity index (χ1n) is 7.96. The first-order chi connectivity index (χ1) is 11.3. The van der Waals surface area contributed by atoms with Crippen LogP contribution < -0.4 is 4.90 Å². The number of nitrogens with zero attached hydrogens (tertiary/aromatic N) is 4. The molecule has 1 aromatic carbocycles. The van der Waals surface area contributed by atoms with Crippen LogP contribution in [0.3, 0.4) is 0 Å². The summed E-state index contributed by atoms with van der Waals surface area (Å²) in [7, 11) is 0. The molecule has 0 saturated heterocycles. The Morgan fingerprint density at radius 1 is 1.22 bits per heavy atom. The summed E-state index contributed by atoms with van der Waals surface area (Å²) in [6, 6.07) is 9.01. The predicted molar refractivity (Wildman–Crippen MR) is 94.3 cm³/mol. The van der Waals surface area contributed by atoms with Crippen LogP contribution in [-0.4, -0.2) is 26.2 Å². The van der Waals surface area contributed by atoms with Gasteiger partial charge in [0.1, 0.15) is 12.1 Å². The van der Waals surface area contributed by atoms with Gasteiger partial charge in [-0.1, -0.05) is 40.9 Å². The second-order valence-electron chi connectivity index (χ2n) is 6.03. The normalized spacial score (nSPS) is 15.3. The van der Waals surface area contributed by atoms with Gasteiger partial charge < -0.3 is 4.90 Å². The van der Waals surface area contributed by atoms with Gasteiger partial charge in [0, 0.05) is 17.1 Å². The average molecular weight is 372 g/mol. The number of fused-ring (bicyclic) bond motifs is 1. The summed E-state index contributed by atoms with van der Waals surface area (Å²) in [5, 5.41) is 8.07. The standard InChI is InChI=1S/C17H18BrN5/c18-13-5-3-4-12(8-13)10-23(14-6-1-2-7-14)17-15-9-21-22-16(15)19-11-20-17/h3-5,8-9,11,14H,1-2,6-7,10H2,(H,19,20,21,22). The lowest BCUT2D eigenvalue weighted by Crippen LogP contribution is -2.33. The fourth-order valence-electron chi connectivity index (χ4n) is 3.41. The maximum absolute atomic E-state index is 4.59. The van der Waals surface area contributed by atoms with Crippen molar-refractivity contribution < 1.29 is 0 Å². The van der Waals surface area contributed by atoms with Gasteiger partial charge in [-0.2, -0.15) is 5.10 Å². The fraction of sp³-hybridized carbons (Fsp3) is 0.353. The third-order valence-electron chi connectivity index (χ3n) is 4.51. The minimum absolute atomic E-state index is 0.530. The fourth-order valence-corrected chi connectivity index (χ4v) is 3.85. The molecule has 0 amide bonds. The number of aromatic nitrogens is 4. The molecule has 1 saturated carbocycles. The zero-order valence-electron chi connectivity index (χ0n) is 12.7. The van der Waals surface area contributed by atoms with E-state index in [2.05, 4.69) is 65.3 Å². The summed E-state index contributed by atoms with van der Waals surface area (Å²) in [6.45, 7) is 0.849. The molecule has 0 bridgehead atoms. The number of halogens is 1. The zero-order valence-corrected chi connectivity index (χ0v) is 14.3. The third-order valence-corrected chi connectivity index (χ3v) is 5.00. The number of benzene rings is 1. The van der Waals surface area contributed by atoms with E-state index in [1.165, 1.54) is 31.2 Å². The number of H-pyrrole nitrogens is 1. The maximum Gasteiger partial charge on any atom is 0.160 e. The van der Waals surface area contributed by atoms with Crippen LogP contribution in [0.2, 0.25) is 0 Å². The van der Waals surface area contributed by atoms with Crippen LogP contribution in [0, 0.1) is 0 Å². The van der Waals surface area contributed by atoms with Crippen LogP contribution in [0.25, 0.3) is 11.0 Å². The van der Waals surface area contributed by atoms with E-state index >= 15 is 0 Å². The van der Waals surface area contributed by atoms with Crippen LogP contribution in [0.4, 0.5) is 5.82 Å². The molecule has 2 heterocycles. The summed E-state index contributed by atoms with van der Waals surface area (Å²) >= 11 is 3.57. The van der Waals surface area contributed by atoms with E-state index in [4.69, 9.17) is 0 Å². The number of anilines is 1. The Labute approximate surface area is 143 Å². The van der Waals surface area contributed by atoms with E-state index in [0.717, 1.165) is 27.9 Å². The van der Waals surface area contributed by atoms with Crippen molar-refractivity contribution in [2.45, 2.75) is 38.3 Å². The van der Waals surface area contributed by atoms with Crippen LogP contribution in [0.15, 0.2) is 41.3 Å². The van der Waals surface area contributed by atoms with Crippen molar-refractivity contribution in [3.05, 3.63) is 46.8 Å². The van der Waals surface area contributed by atoms with Gasteiger partial charge in [0.25, 0.3) is 0 Å². The molecule has 5 nitrogen and oxygen atoms in total. The van der Waals surface area contributed by atoms with Gasteiger partial charge in [0.05, 0.1) is 11.6 Å². The Bertz CT molecular complexity index is 809. The SMILES string of the molecule is Brc1cccc(CN(c2ncnc3[nH]ncc23)C2CCCC2)c1. The average Bonchev–Trinajstić information content (AvgIpc) is 3.23. The van der Waals surface area contributed by atoms with Gasteiger partial charge in [-0.3, -0.25) is 5.10 Å². The Balaban J connectivity index is 1.74. The highest BCUT2D eigenvalue weighted by Crippen LogP contribution is 2.32. The summed E-state index contributed by atoms with van der Waals surface area (Å²) in [5.74, 6) is 0.982. The monoisotopic (exact) mass is 371 g/mol. The second kappa shape index (κ2) is 6.28. The molecule has 1 aliphatic rings. The summed E-state index contributed by atoms with van der Waals surface area (Å²) in [4.78, 5) is 11.3. The predicted octanol–water partition coefficient (Wildman–Crippen LogP) is 4.06. The van der Waals surface area contributed by atoms with Gasteiger partial charge in [0.2, 0.25) is 0 Å². The van der Waals surface area contributed by atoms with E-state index in [-0.39, 0.29) is 0 Å². The Morgan fingerprint density at radius 2 is 2.09 bits per heavy atom. The molecule has 1 N–H and O–H groups in total. The van der Waals surface area contributed by atoms with Crippen LogP contribution in [0.1, 0.15) is 31.2 Å². The van der Waals surface area contributed by atoms with Crippen LogP contribution >= 0.6 is 15.9 Å². The highest BCUT2D eigenvalue weighted by Gasteiger charge is 2.25. The minimum Gasteiger partial charge on any atom is -0.349 e. The van der Waals surface area contributed by atoms with Crippen molar-refractivity contribution in [3.63, 3.8) is 0 Å². The van der Waals surface area contributed by atoms with E-state index in [9.17, 15) is 0 Å². The van der Waals surface area contributed by atoms with Gasteiger partial charge >= 0.3 is 0 Å². The van der Waals surface area contributed by atoms with E-state index in [1.54, 1.807) is 6.33 Å². The van der Waals surface area contributed by atoms with Crippen molar-refractivity contribution in [1.82, 2.24) is 20.2 Å². The third kappa shape index (κ3) is 2.95. The number of nitrogens with one attached hydrogen (secondary N) is 1. The molecule has 0 atom stereocenters. The first-order valence-corrected chi connectivity index (χ1v) is 8.76. The first kappa shape index (κ1) is 14.6. The van der Waals surface area contributed by atoms with E-state index in [0.29, 0.717) is 6.04 Å². The van der Waals surface area contributed by atoms with Crippen molar-refractivity contribution >= 4 is 32.8 Å². The smallest absolute Gasteiger partial charge is 0.160 e. The Hall–Kier alpha value is -1.95. The molecule has 4 rings (SSSR count). The zero-order chi connectivity index (χ0) is 15.6. The number of hydrogen-bond acceptors (Lipinski definition) is 4. The number of rotatable bonds is 4. The molecular formula is C17H18BrN5. The van der Waals surface area contributed by atoms with Crippen LogP contribution in [0.5, 0.6) is 0 Å². The molecule has 1 fully saturated rings. The minimum atomic E-state index is 0.530. The van der Waals surface area contributed by atoms with Crippen molar-refractivity contribution in [1.29, 1.82) is 0 Å². The van der Waals surface area contributed by atoms with Gasteiger partial charge in [0.15, 0.2) is 5.65 Å². The van der Waals surface area contributed by atoms with Gasteiger partial charge in [-0.15, -0.1) is 0 Å². The molecule has 6 heteroatoms. The van der Waals surface area contributed by atoms with Crippen molar-refractivity contribution in [2.24, 2.45) is 0 Å². The molecule has 3 aromatic rings. The van der Waals surface area contributed by atoms with Gasteiger partial charge in [-0.05, 0) is 30.5 Å². The quantitative estimate of drug-likeness (QED) is 0.750. The summed E-state index contributed by atoms with van der Waals surface area (Å²) in [5.41, 5.74) is 2.08. The van der Waals surface area contributed by atoms with Gasteiger partial charge in [-0.25, -0.2) is 9.97 Å². The lowest BCUT2D eigenvalue weighted by atomic mass is 10.1. The Kier molecular flexibility index (Phi) is 3.99. The topological polar surface area (TPSA) is 57.7 Å². The summed E-state index contributed by atoms with van der Waals surface area (Å²) < 4.78 is 1.11. The molecule has 0 spiro atoms. The maximum atomic E-state index is 4.59. The lowest BCUT2D eigenvalue weighted by Gasteiger charge is -2.30. The molecule has 0 aliphatic heterocycles. The van der Waals surface area contributed by atoms with E-state index in [1.807, 2.05) is 6.20 Å². The number of aromatic amines is 1.